The van der Waals surface area contributed by atoms with Gasteiger partial charge in [-0.05, 0) is 42.8 Å². The van der Waals surface area contributed by atoms with Crippen molar-refractivity contribution in [2.75, 3.05) is 19.6 Å². The van der Waals surface area contributed by atoms with Crippen LogP contribution in [0.3, 0.4) is 0 Å². The Balaban J connectivity index is 1.69. The van der Waals surface area contributed by atoms with E-state index in [-0.39, 0.29) is 0 Å². The van der Waals surface area contributed by atoms with E-state index >= 15 is 0 Å². The minimum Gasteiger partial charge on any atom is -0.507 e. The Bertz CT molecular complexity index is 676. The van der Waals surface area contributed by atoms with Gasteiger partial charge in [0.15, 0.2) is 0 Å². The summed E-state index contributed by atoms with van der Waals surface area (Å²) in [5, 5.41) is 23.5. The fourth-order valence-electron chi connectivity index (χ4n) is 4.12. The zero-order valence-electron chi connectivity index (χ0n) is 12.1. The summed E-state index contributed by atoms with van der Waals surface area (Å²) in [5.74, 6) is 0.700. The highest BCUT2D eigenvalue weighted by atomic mass is 16.3. The van der Waals surface area contributed by atoms with Crippen molar-refractivity contribution >= 4 is 10.8 Å². The van der Waals surface area contributed by atoms with Crippen LogP contribution in [0.25, 0.3) is 10.8 Å². The van der Waals surface area contributed by atoms with Crippen molar-refractivity contribution in [3.8, 4) is 5.75 Å². The van der Waals surface area contributed by atoms with Crippen molar-refractivity contribution in [3.05, 3.63) is 42.0 Å². The highest BCUT2D eigenvalue weighted by Gasteiger charge is 2.45. The minimum absolute atomic E-state index is 0.331. The fraction of sp³-hybridized carbons (Fsp3) is 0.444. The topological polar surface area (TPSA) is 43.7 Å². The van der Waals surface area contributed by atoms with E-state index in [0.717, 1.165) is 48.8 Å². The molecule has 110 valence electrons. The van der Waals surface area contributed by atoms with E-state index in [1.165, 1.54) is 0 Å². The van der Waals surface area contributed by atoms with Crippen LogP contribution in [0.4, 0.5) is 0 Å². The number of piperidine rings is 3. The molecule has 3 heteroatoms. The van der Waals surface area contributed by atoms with Crippen molar-refractivity contribution < 1.29 is 10.2 Å². The van der Waals surface area contributed by atoms with Crippen LogP contribution in [0, 0.1) is 5.92 Å². The summed E-state index contributed by atoms with van der Waals surface area (Å²) in [6.45, 7) is 2.96. The molecule has 2 aromatic rings. The van der Waals surface area contributed by atoms with Crippen LogP contribution in [-0.2, 0) is 6.42 Å². The molecule has 3 aliphatic rings. The van der Waals surface area contributed by atoms with E-state index in [1.54, 1.807) is 0 Å². The Morgan fingerprint density at radius 3 is 2.57 bits per heavy atom. The molecule has 3 nitrogen and oxygen atoms in total. The van der Waals surface area contributed by atoms with Crippen LogP contribution in [0.2, 0.25) is 0 Å². The van der Waals surface area contributed by atoms with Crippen LogP contribution in [-0.4, -0.2) is 40.3 Å². The van der Waals surface area contributed by atoms with Crippen LogP contribution in [0.1, 0.15) is 18.4 Å². The molecule has 3 fully saturated rings. The zero-order chi connectivity index (χ0) is 14.4. The number of aliphatic hydroxyl groups is 1. The van der Waals surface area contributed by atoms with Gasteiger partial charge in [-0.1, -0.05) is 36.4 Å². The van der Waals surface area contributed by atoms with Gasteiger partial charge in [-0.3, -0.25) is 0 Å². The summed E-state index contributed by atoms with van der Waals surface area (Å²) in [6, 6.07) is 11.9. The third kappa shape index (κ3) is 2.12. The maximum Gasteiger partial charge on any atom is 0.126 e. The highest BCUT2D eigenvalue weighted by Crippen LogP contribution is 2.40. The molecule has 2 bridgehead atoms. The number of rotatable bonds is 2. The fourth-order valence-corrected chi connectivity index (χ4v) is 4.12. The van der Waals surface area contributed by atoms with Gasteiger partial charge in [0, 0.05) is 18.4 Å². The normalized spacial score (nSPS) is 31.7. The SMILES string of the molecule is Oc1c(C[C@]2(O)CN3CCC2CC3)ccc2ccccc12. The predicted molar refractivity (Wildman–Crippen MR) is 83.4 cm³/mol. The second-order valence-electron chi connectivity index (χ2n) is 6.63. The van der Waals surface area contributed by atoms with Gasteiger partial charge in [-0.25, -0.2) is 0 Å². The van der Waals surface area contributed by atoms with Gasteiger partial charge in [-0.15, -0.1) is 0 Å². The number of nitrogens with zero attached hydrogens (tertiary/aromatic N) is 1. The first-order valence-electron chi connectivity index (χ1n) is 7.80. The lowest BCUT2D eigenvalue weighted by Gasteiger charge is -2.50. The van der Waals surface area contributed by atoms with Gasteiger partial charge >= 0.3 is 0 Å². The molecule has 0 spiro atoms. The molecular weight excluding hydrogens is 262 g/mol. The molecule has 2 aromatic carbocycles. The van der Waals surface area contributed by atoms with E-state index in [1.807, 2.05) is 36.4 Å². The summed E-state index contributed by atoms with van der Waals surface area (Å²) in [7, 11) is 0. The number of phenolic OH excluding ortho intramolecular Hbond substituents is 1. The zero-order valence-corrected chi connectivity index (χ0v) is 12.1. The van der Waals surface area contributed by atoms with Gasteiger partial charge in [0.25, 0.3) is 0 Å². The maximum atomic E-state index is 11.1. The van der Waals surface area contributed by atoms with Crippen molar-refractivity contribution in [2.45, 2.75) is 24.9 Å². The Kier molecular flexibility index (Phi) is 2.95. The van der Waals surface area contributed by atoms with E-state index in [2.05, 4.69) is 4.90 Å². The van der Waals surface area contributed by atoms with E-state index in [4.69, 9.17) is 0 Å². The summed E-state index contributed by atoms with van der Waals surface area (Å²) in [6.07, 6.45) is 2.69. The Morgan fingerprint density at radius 1 is 1.10 bits per heavy atom. The molecule has 3 saturated heterocycles. The Labute approximate surface area is 124 Å². The quantitative estimate of drug-likeness (QED) is 0.890. The standard InChI is InChI=1S/C18H21NO2/c20-17-14(6-5-13-3-1-2-4-16(13)17)11-18(21)12-19-9-7-15(18)8-10-19/h1-6,15,20-21H,7-12H2/t18-/m0/s1. The highest BCUT2D eigenvalue weighted by molar-refractivity contribution is 5.89. The second-order valence-corrected chi connectivity index (χ2v) is 6.63. The molecule has 1 atom stereocenters. The molecule has 21 heavy (non-hydrogen) atoms. The van der Waals surface area contributed by atoms with Gasteiger partial charge < -0.3 is 15.1 Å². The predicted octanol–water partition coefficient (Wildman–Crippen LogP) is 2.54. The maximum absolute atomic E-state index is 11.1. The first-order valence-corrected chi connectivity index (χ1v) is 7.80. The third-order valence-electron chi connectivity index (χ3n) is 5.33. The van der Waals surface area contributed by atoms with Crippen molar-refractivity contribution in [1.29, 1.82) is 0 Å². The minimum atomic E-state index is -0.684. The number of fused-ring (bicyclic) bond motifs is 4. The van der Waals surface area contributed by atoms with E-state index in [9.17, 15) is 10.2 Å². The average Bonchev–Trinajstić information content (AvgIpc) is 2.51. The number of hydrogen-bond donors (Lipinski definition) is 2. The molecule has 0 radical (unpaired) electrons. The Hall–Kier alpha value is -1.58. The molecule has 0 saturated carbocycles. The summed E-state index contributed by atoms with van der Waals surface area (Å²) in [5.41, 5.74) is 0.182. The van der Waals surface area contributed by atoms with Gasteiger partial charge in [0.05, 0.1) is 5.60 Å². The first kappa shape index (κ1) is 13.1. The molecule has 0 amide bonds. The second kappa shape index (κ2) is 4.72. The monoisotopic (exact) mass is 283 g/mol. The lowest BCUT2D eigenvalue weighted by Crippen LogP contribution is -2.60. The van der Waals surface area contributed by atoms with Crippen LogP contribution >= 0.6 is 0 Å². The number of benzene rings is 2. The molecule has 3 heterocycles. The molecule has 3 aliphatic heterocycles. The lowest BCUT2D eigenvalue weighted by molar-refractivity contribution is -0.111. The van der Waals surface area contributed by atoms with Gasteiger partial charge in [-0.2, -0.15) is 0 Å². The molecule has 5 rings (SSSR count). The lowest BCUT2D eigenvalue weighted by atomic mass is 9.72. The van der Waals surface area contributed by atoms with Crippen molar-refractivity contribution in [2.24, 2.45) is 5.92 Å². The molecule has 2 N–H and O–H groups in total. The van der Waals surface area contributed by atoms with Crippen LogP contribution in [0.5, 0.6) is 5.75 Å². The summed E-state index contributed by atoms with van der Waals surface area (Å²) < 4.78 is 0. The Morgan fingerprint density at radius 2 is 1.86 bits per heavy atom. The van der Waals surface area contributed by atoms with Crippen molar-refractivity contribution in [1.82, 2.24) is 4.90 Å². The molecule has 0 aromatic heterocycles. The van der Waals surface area contributed by atoms with Gasteiger partial charge in [0.2, 0.25) is 0 Å². The number of hydrogen-bond acceptors (Lipinski definition) is 3. The van der Waals surface area contributed by atoms with Crippen LogP contribution in [0.15, 0.2) is 36.4 Å². The van der Waals surface area contributed by atoms with Crippen molar-refractivity contribution in [3.63, 3.8) is 0 Å². The summed E-state index contributed by atoms with van der Waals surface area (Å²) >= 11 is 0. The van der Waals surface area contributed by atoms with Crippen LogP contribution < -0.4 is 0 Å². The van der Waals surface area contributed by atoms with E-state index in [0.29, 0.717) is 18.1 Å². The first-order chi connectivity index (χ1) is 10.2. The number of aromatic hydroxyl groups is 1. The van der Waals surface area contributed by atoms with Gasteiger partial charge in [0.1, 0.15) is 5.75 Å². The average molecular weight is 283 g/mol. The largest absolute Gasteiger partial charge is 0.507 e. The molecule has 0 unspecified atom stereocenters. The molecular formula is C18H21NO2. The summed E-state index contributed by atoms with van der Waals surface area (Å²) in [4.78, 5) is 2.35. The number of phenols is 1. The third-order valence-corrected chi connectivity index (χ3v) is 5.33. The smallest absolute Gasteiger partial charge is 0.126 e. The van der Waals surface area contributed by atoms with E-state index < -0.39 is 5.60 Å². The molecule has 0 aliphatic carbocycles.